The molecule has 0 amide bonds. The summed E-state index contributed by atoms with van der Waals surface area (Å²) in [5.41, 5.74) is 5.35. The third-order valence-electron chi connectivity index (χ3n) is 1.41. The molecule has 46 valence electrons. The van der Waals surface area contributed by atoms with Crippen LogP contribution in [0.3, 0.4) is 0 Å². The van der Waals surface area contributed by atoms with Crippen molar-refractivity contribution in [3.63, 3.8) is 0 Å². The van der Waals surface area contributed by atoms with Crippen LogP contribution in [-0.2, 0) is 4.79 Å². The summed E-state index contributed by atoms with van der Waals surface area (Å²) in [6, 6.07) is 0.172. The summed E-state index contributed by atoms with van der Waals surface area (Å²) in [5, 5.41) is 8.19. The predicted octanol–water partition coefficient (Wildman–Crippen LogP) is -0.192. The molecule has 8 heavy (non-hydrogen) atoms. The molecule has 0 aliphatic heterocycles. The van der Waals surface area contributed by atoms with Crippen LogP contribution in [0.5, 0.6) is 0 Å². The lowest BCUT2D eigenvalue weighted by Gasteiger charge is -1.86. The summed E-state index contributed by atoms with van der Waals surface area (Å²) in [6.07, 6.45) is 1.15. The lowest BCUT2D eigenvalue weighted by Crippen LogP contribution is -2.05. The summed E-state index contributed by atoms with van der Waals surface area (Å²) < 4.78 is 0. The zero-order chi connectivity index (χ0) is 6.15. The van der Waals surface area contributed by atoms with E-state index >= 15 is 0 Å². The van der Waals surface area contributed by atoms with Crippen molar-refractivity contribution in [2.75, 3.05) is 0 Å². The van der Waals surface area contributed by atoms with Gasteiger partial charge in [-0.3, -0.25) is 4.79 Å². The van der Waals surface area contributed by atoms with Gasteiger partial charge in [0, 0.05) is 12.5 Å². The van der Waals surface area contributed by atoms with Crippen LogP contribution >= 0.6 is 0 Å². The smallest absolute Gasteiger partial charge is 0.303 e. The molecule has 0 aromatic carbocycles. The molecule has 0 radical (unpaired) electrons. The monoisotopic (exact) mass is 115 g/mol. The summed E-state index contributed by atoms with van der Waals surface area (Å²) >= 11 is 0. The van der Waals surface area contributed by atoms with Gasteiger partial charge in [-0.1, -0.05) is 0 Å². The first-order valence-electron chi connectivity index (χ1n) is 2.67. The summed E-state index contributed by atoms with van der Waals surface area (Å²) in [7, 11) is 0. The summed E-state index contributed by atoms with van der Waals surface area (Å²) in [6.45, 7) is 0. The van der Waals surface area contributed by atoms with E-state index in [1.807, 2.05) is 0 Å². The molecular formula is C5H9NO2. The van der Waals surface area contributed by atoms with E-state index in [9.17, 15) is 4.79 Å². The standard InChI is InChI=1S/C5H9NO2/c6-4-1-3(4)2-5(7)8/h3-4H,1-2,6H2,(H,7,8). The molecule has 1 rings (SSSR count). The van der Waals surface area contributed by atoms with E-state index in [0.29, 0.717) is 0 Å². The van der Waals surface area contributed by atoms with Gasteiger partial charge >= 0.3 is 5.97 Å². The van der Waals surface area contributed by atoms with Crippen molar-refractivity contribution >= 4 is 5.97 Å². The molecule has 0 aromatic rings. The Morgan fingerprint density at radius 3 is 2.50 bits per heavy atom. The first kappa shape index (κ1) is 5.56. The number of hydrogen-bond acceptors (Lipinski definition) is 2. The highest BCUT2D eigenvalue weighted by Gasteiger charge is 2.34. The van der Waals surface area contributed by atoms with Crippen LogP contribution in [-0.4, -0.2) is 17.1 Å². The molecule has 0 aromatic heterocycles. The highest BCUT2D eigenvalue weighted by Crippen LogP contribution is 2.30. The van der Waals surface area contributed by atoms with Gasteiger partial charge in [-0.15, -0.1) is 0 Å². The highest BCUT2D eigenvalue weighted by atomic mass is 16.4. The molecule has 0 saturated heterocycles. The number of carboxylic acids is 1. The maximum absolute atomic E-state index is 9.94. The molecule has 1 saturated carbocycles. The Balaban J connectivity index is 2.14. The molecule has 3 nitrogen and oxygen atoms in total. The second-order valence-corrected chi connectivity index (χ2v) is 2.26. The molecule has 2 atom stereocenters. The van der Waals surface area contributed by atoms with Crippen molar-refractivity contribution in [2.45, 2.75) is 18.9 Å². The van der Waals surface area contributed by atoms with Crippen molar-refractivity contribution in [1.82, 2.24) is 0 Å². The molecular weight excluding hydrogens is 106 g/mol. The molecule has 1 aliphatic rings. The van der Waals surface area contributed by atoms with E-state index in [1.54, 1.807) is 0 Å². The average molecular weight is 115 g/mol. The second kappa shape index (κ2) is 1.74. The Bertz CT molecular complexity index is 113. The number of carboxylic acid groups (broad SMARTS) is 1. The van der Waals surface area contributed by atoms with Gasteiger partial charge in [-0.25, -0.2) is 0 Å². The molecule has 3 heteroatoms. The zero-order valence-electron chi connectivity index (χ0n) is 4.50. The fraction of sp³-hybridized carbons (Fsp3) is 0.800. The van der Waals surface area contributed by atoms with Crippen molar-refractivity contribution in [3.05, 3.63) is 0 Å². The second-order valence-electron chi connectivity index (χ2n) is 2.26. The molecule has 0 bridgehead atoms. The Hall–Kier alpha value is -0.570. The Morgan fingerprint density at radius 1 is 1.88 bits per heavy atom. The minimum atomic E-state index is -0.733. The fourth-order valence-electron chi connectivity index (χ4n) is 0.730. The van der Waals surface area contributed by atoms with E-state index < -0.39 is 5.97 Å². The molecule has 3 N–H and O–H groups in total. The quantitative estimate of drug-likeness (QED) is 0.524. The maximum Gasteiger partial charge on any atom is 0.303 e. The van der Waals surface area contributed by atoms with Crippen molar-refractivity contribution in [2.24, 2.45) is 11.7 Å². The number of nitrogens with two attached hydrogens (primary N) is 1. The average Bonchev–Trinajstić information content (AvgIpc) is 2.17. The van der Waals surface area contributed by atoms with Gasteiger partial charge in [0.15, 0.2) is 0 Å². The van der Waals surface area contributed by atoms with E-state index in [-0.39, 0.29) is 18.4 Å². The van der Waals surface area contributed by atoms with Gasteiger partial charge in [-0.05, 0) is 12.3 Å². The van der Waals surface area contributed by atoms with Crippen LogP contribution < -0.4 is 5.73 Å². The normalized spacial score (nSPS) is 34.6. The predicted molar refractivity (Wildman–Crippen MR) is 28.3 cm³/mol. The first-order valence-corrected chi connectivity index (χ1v) is 2.67. The van der Waals surface area contributed by atoms with Crippen molar-refractivity contribution in [1.29, 1.82) is 0 Å². The van der Waals surface area contributed by atoms with Crippen LogP contribution in [0.2, 0.25) is 0 Å². The summed E-state index contributed by atoms with van der Waals surface area (Å²) in [4.78, 5) is 9.94. The number of carbonyl (C=O) groups is 1. The third-order valence-corrected chi connectivity index (χ3v) is 1.41. The van der Waals surface area contributed by atoms with E-state index in [2.05, 4.69) is 0 Å². The van der Waals surface area contributed by atoms with Crippen LogP contribution in [0.1, 0.15) is 12.8 Å². The minimum absolute atomic E-state index is 0.172. The Labute approximate surface area is 47.5 Å². The lowest BCUT2D eigenvalue weighted by atomic mass is 10.3. The Morgan fingerprint density at radius 2 is 2.38 bits per heavy atom. The first-order chi connectivity index (χ1) is 3.70. The molecule has 0 heterocycles. The molecule has 2 unspecified atom stereocenters. The van der Waals surface area contributed by atoms with Gasteiger partial charge in [0.05, 0.1) is 0 Å². The largest absolute Gasteiger partial charge is 0.481 e. The summed E-state index contributed by atoms with van der Waals surface area (Å²) in [5.74, 6) is -0.463. The minimum Gasteiger partial charge on any atom is -0.481 e. The van der Waals surface area contributed by atoms with Crippen molar-refractivity contribution in [3.8, 4) is 0 Å². The van der Waals surface area contributed by atoms with Gasteiger partial charge in [0.25, 0.3) is 0 Å². The van der Waals surface area contributed by atoms with E-state index in [1.165, 1.54) is 0 Å². The topological polar surface area (TPSA) is 63.3 Å². The SMILES string of the molecule is NC1CC1CC(=O)O. The van der Waals surface area contributed by atoms with Gasteiger partial charge in [0.1, 0.15) is 0 Å². The Kier molecular flexibility index (Phi) is 1.21. The van der Waals surface area contributed by atoms with Gasteiger partial charge < -0.3 is 10.8 Å². The molecule has 1 aliphatic carbocycles. The van der Waals surface area contributed by atoms with Crippen LogP contribution in [0.25, 0.3) is 0 Å². The molecule has 0 spiro atoms. The van der Waals surface area contributed by atoms with Gasteiger partial charge in [0.2, 0.25) is 0 Å². The van der Waals surface area contributed by atoms with Crippen molar-refractivity contribution < 1.29 is 9.90 Å². The van der Waals surface area contributed by atoms with E-state index in [4.69, 9.17) is 10.8 Å². The highest BCUT2D eigenvalue weighted by molar-refractivity contribution is 5.67. The number of rotatable bonds is 2. The number of hydrogen-bond donors (Lipinski definition) is 2. The van der Waals surface area contributed by atoms with Crippen LogP contribution in [0.4, 0.5) is 0 Å². The fourth-order valence-corrected chi connectivity index (χ4v) is 0.730. The van der Waals surface area contributed by atoms with Gasteiger partial charge in [-0.2, -0.15) is 0 Å². The molecule has 1 fully saturated rings. The van der Waals surface area contributed by atoms with Crippen LogP contribution in [0.15, 0.2) is 0 Å². The lowest BCUT2D eigenvalue weighted by molar-refractivity contribution is -0.137. The number of aliphatic carboxylic acids is 1. The zero-order valence-corrected chi connectivity index (χ0v) is 4.50. The van der Waals surface area contributed by atoms with Crippen LogP contribution in [0, 0.1) is 5.92 Å². The third kappa shape index (κ3) is 1.20. The van der Waals surface area contributed by atoms with E-state index in [0.717, 1.165) is 6.42 Å². The maximum atomic E-state index is 9.94.